The normalized spacial score (nSPS) is 11.4. The van der Waals surface area contributed by atoms with Gasteiger partial charge in [0.05, 0.1) is 5.71 Å². The van der Waals surface area contributed by atoms with Crippen LogP contribution in [0.5, 0.6) is 0 Å². The Morgan fingerprint density at radius 2 is 2.33 bits per heavy atom. The molecule has 12 heavy (non-hydrogen) atoms. The van der Waals surface area contributed by atoms with Gasteiger partial charge in [-0.15, -0.1) is 0 Å². The summed E-state index contributed by atoms with van der Waals surface area (Å²) in [6.45, 7) is 1.85. The van der Waals surface area contributed by atoms with Crippen LogP contribution < -0.4 is 0 Å². The van der Waals surface area contributed by atoms with Crippen LogP contribution in [0.4, 0.5) is 0 Å². The number of oxime groups is 1. The lowest BCUT2D eigenvalue weighted by Crippen LogP contribution is -1.94. The first kappa shape index (κ1) is 9.07. The topological polar surface area (TPSA) is 21.6 Å². The summed E-state index contributed by atoms with van der Waals surface area (Å²) in [4.78, 5) is 4.63. The highest BCUT2D eigenvalue weighted by atomic mass is 35.5. The van der Waals surface area contributed by atoms with Gasteiger partial charge in [-0.3, -0.25) is 0 Å². The van der Waals surface area contributed by atoms with E-state index in [0.717, 1.165) is 11.3 Å². The molecule has 0 saturated carbocycles. The number of rotatable bonds is 2. The van der Waals surface area contributed by atoms with Gasteiger partial charge >= 0.3 is 0 Å². The molecule has 3 heteroatoms. The van der Waals surface area contributed by atoms with Crippen LogP contribution in [-0.2, 0) is 4.84 Å². The van der Waals surface area contributed by atoms with Crippen molar-refractivity contribution in [1.29, 1.82) is 0 Å². The fourth-order valence-electron chi connectivity index (χ4n) is 0.841. The maximum absolute atomic E-state index is 5.76. The average Bonchev–Trinajstić information content (AvgIpc) is 2.05. The fourth-order valence-corrected chi connectivity index (χ4v) is 1.02. The van der Waals surface area contributed by atoms with Crippen molar-refractivity contribution in [3.8, 4) is 0 Å². The van der Waals surface area contributed by atoms with E-state index in [0.29, 0.717) is 5.02 Å². The molecular weight excluding hydrogens is 174 g/mol. The second kappa shape index (κ2) is 4.12. The maximum Gasteiger partial charge on any atom is 0.106 e. The predicted molar refractivity (Wildman–Crippen MR) is 49.5 cm³/mol. The number of hydrogen-bond acceptors (Lipinski definition) is 2. The largest absolute Gasteiger partial charge is 0.399 e. The van der Waals surface area contributed by atoms with Crippen LogP contribution in [0.3, 0.4) is 0 Å². The van der Waals surface area contributed by atoms with E-state index < -0.39 is 0 Å². The Balaban J connectivity index is 2.95. The van der Waals surface area contributed by atoms with Gasteiger partial charge in [-0.2, -0.15) is 0 Å². The molecule has 1 aromatic carbocycles. The Morgan fingerprint density at radius 1 is 1.58 bits per heavy atom. The fraction of sp³-hybridized carbons (Fsp3) is 0.222. The second-order valence-corrected chi connectivity index (χ2v) is 2.74. The molecule has 0 amide bonds. The van der Waals surface area contributed by atoms with E-state index in [-0.39, 0.29) is 0 Å². The Labute approximate surface area is 76.8 Å². The van der Waals surface area contributed by atoms with Gasteiger partial charge in [0, 0.05) is 10.6 Å². The van der Waals surface area contributed by atoms with Crippen molar-refractivity contribution in [2.24, 2.45) is 5.16 Å². The van der Waals surface area contributed by atoms with Crippen molar-refractivity contribution in [2.75, 3.05) is 7.11 Å². The van der Waals surface area contributed by atoms with Gasteiger partial charge in [-0.05, 0) is 31.2 Å². The molecule has 2 nitrogen and oxygen atoms in total. The van der Waals surface area contributed by atoms with Crippen molar-refractivity contribution in [3.05, 3.63) is 34.9 Å². The summed E-state index contributed by atoms with van der Waals surface area (Å²) in [6.07, 6.45) is 0. The highest BCUT2D eigenvalue weighted by Gasteiger charge is 1.97. The van der Waals surface area contributed by atoms with Crippen molar-refractivity contribution in [3.63, 3.8) is 0 Å². The Bertz CT molecular complexity index is 296. The number of nitrogens with zero attached hydrogens (tertiary/aromatic N) is 1. The van der Waals surface area contributed by atoms with E-state index in [1.165, 1.54) is 7.11 Å². The lowest BCUT2D eigenvalue weighted by atomic mass is 10.1. The third kappa shape index (κ3) is 2.24. The van der Waals surface area contributed by atoms with Gasteiger partial charge in [0.15, 0.2) is 0 Å². The van der Waals surface area contributed by atoms with Crippen molar-refractivity contribution in [1.82, 2.24) is 0 Å². The Morgan fingerprint density at radius 3 is 2.92 bits per heavy atom. The minimum atomic E-state index is 0.651. The molecule has 0 aromatic heterocycles. The van der Waals surface area contributed by atoms with E-state index in [9.17, 15) is 0 Å². The van der Waals surface area contributed by atoms with Crippen LogP contribution in [0.25, 0.3) is 0 Å². The molecule has 63 valence electrons. The molecule has 0 bridgehead atoms. The molecular formula is C9H9ClNO. The van der Waals surface area contributed by atoms with Gasteiger partial charge in [-0.1, -0.05) is 16.8 Å². The zero-order valence-corrected chi connectivity index (χ0v) is 7.72. The molecule has 0 aliphatic rings. The van der Waals surface area contributed by atoms with Crippen molar-refractivity contribution < 1.29 is 4.84 Å². The highest BCUT2D eigenvalue weighted by molar-refractivity contribution is 6.31. The molecule has 0 atom stereocenters. The maximum atomic E-state index is 5.76. The molecule has 1 radical (unpaired) electrons. The monoisotopic (exact) mass is 182 g/mol. The molecule has 0 aliphatic carbocycles. The molecule has 0 heterocycles. The zero-order valence-electron chi connectivity index (χ0n) is 6.97. The second-order valence-electron chi connectivity index (χ2n) is 2.30. The SMILES string of the molecule is CO/N=C(\C)c1c[c]cc(Cl)c1. The quantitative estimate of drug-likeness (QED) is 0.509. The van der Waals surface area contributed by atoms with Crippen LogP contribution in [0.15, 0.2) is 23.4 Å². The first-order valence-electron chi connectivity index (χ1n) is 3.49. The molecule has 0 aliphatic heterocycles. The first-order valence-corrected chi connectivity index (χ1v) is 3.86. The first-order chi connectivity index (χ1) is 5.74. The summed E-state index contributed by atoms with van der Waals surface area (Å²) < 4.78 is 0. The third-order valence-corrected chi connectivity index (χ3v) is 1.62. The lowest BCUT2D eigenvalue weighted by Gasteiger charge is -1.98. The zero-order chi connectivity index (χ0) is 8.97. The summed E-state index contributed by atoms with van der Waals surface area (Å²) in [7, 11) is 1.51. The van der Waals surface area contributed by atoms with E-state index in [4.69, 9.17) is 11.6 Å². The minimum Gasteiger partial charge on any atom is -0.399 e. The van der Waals surface area contributed by atoms with Crippen LogP contribution in [0.2, 0.25) is 5.02 Å². The van der Waals surface area contributed by atoms with Crippen LogP contribution in [0.1, 0.15) is 12.5 Å². The third-order valence-electron chi connectivity index (χ3n) is 1.40. The summed E-state index contributed by atoms with van der Waals surface area (Å²) in [5.74, 6) is 0. The number of hydrogen-bond donors (Lipinski definition) is 0. The van der Waals surface area contributed by atoms with Crippen molar-refractivity contribution in [2.45, 2.75) is 6.92 Å². The smallest absolute Gasteiger partial charge is 0.106 e. The van der Waals surface area contributed by atoms with Crippen LogP contribution in [0, 0.1) is 6.07 Å². The molecule has 0 unspecified atom stereocenters. The molecule has 0 spiro atoms. The standard InChI is InChI=1S/C9H9ClNO/c1-7(11-12-2)8-4-3-5-9(10)6-8/h4-6H,1-2H3/b11-7+. The van der Waals surface area contributed by atoms with Gasteiger partial charge in [-0.25, -0.2) is 0 Å². The minimum absolute atomic E-state index is 0.651. The van der Waals surface area contributed by atoms with Gasteiger partial charge in [0.1, 0.15) is 7.11 Å². The average molecular weight is 183 g/mol. The van der Waals surface area contributed by atoms with Gasteiger partial charge in [0.2, 0.25) is 0 Å². The van der Waals surface area contributed by atoms with Gasteiger partial charge in [0.25, 0.3) is 0 Å². The molecule has 1 rings (SSSR count). The molecule has 1 aromatic rings. The highest BCUT2D eigenvalue weighted by Crippen LogP contribution is 2.10. The summed E-state index contributed by atoms with van der Waals surface area (Å²) >= 11 is 5.76. The van der Waals surface area contributed by atoms with E-state index in [1.54, 1.807) is 6.07 Å². The summed E-state index contributed by atoms with van der Waals surface area (Å²) in [5, 5.41) is 4.43. The predicted octanol–water partition coefficient (Wildman–Crippen LogP) is 2.51. The van der Waals surface area contributed by atoms with E-state index >= 15 is 0 Å². The molecule has 0 saturated heterocycles. The molecule has 0 N–H and O–H groups in total. The van der Waals surface area contributed by atoms with Gasteiger partial charge < -0.3 is 4.84 Å². The lowest BCUT2D eigenvalue weighted by molar-refractivity contribution is 0.213. The van der Waals surface area contributed by atoms with Crippen LogP contribution >= 0.6 is 11.6 Å². The van der Waals surface area contributed by atoms with Crippen LogP contribution in [-0.4, -0.2) is 12.8 Å². The van der Waals surface area contributed by atoms with Crippen molar-refractivity contribution >= 4 is 17.3 Å². The summed E-state index contributed by atoms with van der Waals surface area (Å²) in [6, 6.07) is 8.22. The Hall–Kier alpha value is -1.02. The molecule has 0 fully saturated rings. The van der Waals surface area contributed by atoms with E-state index in [2.05, 4.69) is 16.1 Å². The Kier molecular flexibility index (Phi) is 3.11. The number of benzene rings is 1. The summed E-state index contributed by atoms with van der Waals surface area (Å²) in [5.41, 5.74) is 1.71. The number of halogens is 1. The van der Waals surface area contributed by atoms with E-state index in [1.807, 2.05) is 19.1 Å².